The fraction of sp³-hybridized carbons (Fsp3) is 0.786. The summed E-state index contributed by atoms with van der Waals surface area (Å²) in [4.78, 5) is 17.2. The van der Waals surface area contributed by atoms with Crippen LogP contribution < -0.4 is 15.5 Å². The smallest absolute Gasteiger partial charge is 0.231 e. The molecule has 114 valence electrons. The molecule has 0 saturated carbocycles. The van der Waals surface area contributed by atoms with Gasteiger partial charge in [-0.1, -0.05) is 13.8 Å². The predicted molar refractivity (Wildman–Crippen MR) is 85.1 cm³/mol. The van der Waals surface area contributed by atoms with E-state index in [-0.39, 0.29) is 5.95 Å². The molecule has 20 heavy (non-hydrogen) atoms. The van der Waals surface area contributed by atoms with Crippen LogP contribution in [0.2, 0.25) is 0 Å². The largest absolute Gasteiger partial charge is 0.368 e. The lowest BCUT2D eigenvalue weighted by atomic mass is 10.0. The molecule has 0 aliphatic carbocycles. The van der Waals surface area contributed by atoms with Gasteiger partial charge in [-0.2, -0.15) is 15.0 Å². The molecule has 2 N–H and O–H groups in total. The summed E-state index contributed by atoms with van der Waals surface area (Å²) in [5, 5.41) is 0. The summed E-state index contributed by atoms with van der Waals surface area (Å²) >= 11 is 0. The number of rotatable bonds is 7. The van der Waals surface area contributed by atoms with E-state index in [9.17, 15) is 0 Å². The molecule has 1 atom stereocenters. The maximum absolute atomic E-state index is 5.83. The lowest BCUT2D eigenvalue weighted by Crippen LogP contribution is -2.33. The third-order valence-electron chi connectivity index (χ3n) is 3.46. The molecule has 6 nitrogen and oxygen atoms in total. The summed E-state index contributed by atoms with van der Waals surface area (Å²) in [5.74, 6) is 2.21. The van der Waals surface area contributed by atoms with E-state index in [1.807, 2.05) is 7.05 Å². The van der Waals surface area contributed by atoms with Gasteiger partial charge in [0.1, 0.15) is 0 Å². The van der Waals surface area contributed by atoms with Crippen LogP contribution >= 0.6 is 0 Å². The number of nitrogens with zero attached hydrogens (tertiary/aromatic N) is 5. The fourth-order valence-corrected chi connectivity index (χ4v) is 2.21. The van der Waals surface area contributed by atoms with E-state index in [2.05, 4.69) is 59.4 Å². The van der Waals surface area contributed by atoms with Gasteiger partial charge in [-0.3, -0.25) is 0 Å². The van der Waals surface area contributed by atoms with Crippen LogP contribution in [0.15, 0.2) is 0 Å². The van der Waals surface area contributed by atoms with Crippen LogP contribution in [0, 0.1) is 5.92 Å². The minimum absolute atomic E-state index is 0.278. The van der Waals surface area contributed by atoms with Crippen LogP contribution in [0.4, 0.5) is 17.8 Å². The molecule has 0 amide bonds. The predicted octanol–water partition coefficient (Wildman–Crippen LogP) is 2.17. The maximum Gasteiger partial charge on any atom is 0.231 e. The molecule has 0 aliphatic heterocycles. The Morgan fingerprint density at radius 1 is 1.00 bits per heavy atom. The van der Waals surface area contributed by atoms with E-state index < -0.39 is 0 Å². The van der Waals surface area contributed by atoms with Gasteiger partial charge in [0.15, 0.2) is 0 Å². The first-order valence-corrected chi connectivity index (χ1v) is 7.38. The van der Waals surface area contributed by atoms with Crippen LogP contribution in [0.3, 0.4) is 0 Å². The highest BCUT2D eigenvalue weighted by Crippen LogP contribution is 2.18. The molecular weight excluding hydrogens is 252 g/mol. The van der Waals surface area contributed by atoms with Crippen molar-refractivity contribution in [1.82, 2.24) is 15.0 Å². The van der Waals surface area contributed by atoms with E-state index in [0.717, 1.165) is 19.5 Å². The van der Waals surface area contributed by atoms with Crippen LogP contribution in [-0.2, 0) is 0 Å². The average Bonchev–Trinajstić information content (AvgIpc) is 2.37. The van der Waals surface area contributed by atoms with Crippen LogP contribution in [-0.4, -0.2) is 41.1 Å². The minimum atomic E-state index is 0.278. The van der Waals surface area contributed by atoms with E-state index in [1.165, 1.54) is 0 Å². The summed E-state index contributed by atoms with van der Waals surface area (Å²) < 4.78 is 0. The average molecular weight is 280 g/mol. The third kappa shape index (κ3) is 4.21. The molecular formula is C14H28N6. The Kier molecular flexibility index (Phi) is 5.98. The Bertz CT molecular complexity index is 416. The zero-order valence-corrected chi connectivity index (χ0v) is 13.6. The van der Waals surface area contributed by atoms with Gasteiger partial charge in [-0.25, -0.2) is 0 Å². The number of aromatic nitrogens is 3. The topological polar surface area (TPSA) is 71.2 Å². The highest BCUT2D eigenvalue weighted by molar-refractivity contribution is 5.43. The standard InChI is InChI=1S/C14H28N6/c1-7-20(8-2)14-17-12(15)16-13(18-14)19(6)11(5)9-10(3)4/h10-11H,7-9H2,1-6H3,(H2,15,16,17,18). The number of hydrogen-bond donors (Lipinski definition) is 1. The summed E-state index contributed by atoms with van der Waals surface area (Å²) in [5.41, 5.74) is 5.83. The summed E-state index contributed by atoms with van der Waals surface area (Å²) in [6, 6.07) is 0.362. The Balaban J connectivity index is 3.00. The summed E-state index contributed by atoms with van der Waals surface area (Å²) in [7, 11) is 2.01. The molecule has 0 aliphatic rings. The number of nitrogens with two attached hydrogens (primary N) is 1. The quantitative estimate of drug-likeness (QED) is 0.825. The van der Waals surface area contributed by atoms with E-state index in [4.69, 9.17) is 5.73 Å². The highest BCUT2D eigenvalue weighted by atomic mass is 15.3. The fourth-order valence-electron chi connectivity index (χ4n) is 2.21. The second-order valence-electron chi connectivity index (χ2n) is 5.56. The molecule has 0 fully saturated rings. The van der Waals surface area contributed by atoms with Crippen LogP contribution in [0.5, 0.6) is 0 Å². The third-order valence-corrected chi connectivity index (χ3v) is 3.46. The molecule has 1 rings (SSSR count). The van der Waals surface area contributed by atoms with Crippen molar-refractivity contribution in [2.24, 2.45) is 5.92 Å². The zero-order chi connectivity index (χ0) is 15.3. The normalized spacial score (nSPS) is 12.6. The first kappa shape index (κ1) is 16.5. The first-order valence-electron chi connectivity index (χ1n) is 7.38. The molecule has 1 aromatic rings. The van der Waals surface area contributed by atoms with Crippen LogP contribution in [0.1, 0.15) is 41.0 Å². The van der Waals surface area contributed by atoms with Crippen molar-refractivity contribution in [1.29, 1.82) is 0 Å². The SMILES string of the molecule is CCN(CC)c1nc(N)nc(N(C)C(C)CC(C)C)n1. The van der Waals surface area contributed by atoms with Crippen LogP contribution in [0.25, 0.3) is 0 Å². The molecule has 1 heterocycles. The van der Waals surface area contributed by atoms with Gasteiger partial charge >= 0.3 is 0 Å². The monoisotopic (exact) mass is 280 g/mol. The zero-order valence-electron chi connectivity index (χ0n) is 13.6. The molecule has 0 saturated heterocycles. The molecule has 0 radical (unpaired) electrons. The number of nitrogen functional groups attached to an aromatic ring is 1. The molecule has 6 heteroatoms. The van der Waals surface area contributed by atoms with Crippen molar-refractivity contribution in [3.05, 3.63) is 0 Å². The second kappa shape index (κ2) is 7.26. The maximum atomic E-state index is 5.83. The Morgan fingerprint density at radius 3 is 2.05 bits per heavy atom. The van der Waals surface area contributed by atoms with Crippen molar-refractivity contribution in [3.8, 4) is 0 Å². The molecule has 1 aromatic heterocycles. The molecule has 0 spiro atoms. The molecule has 0 bridgehead atoms. The van der Waals surface area contributed by atoms with E-state index >= 15 is 0 Å². The second-order valence-corrected chi connectivity index (χ2v) is 5.56. The number of anilines is 3. The van der Waals surface area contributed by atoms with Gasteiger partial charge in [0.05, 0.1) is 0 Å². The summed E-state index contributed by atoms with van der Waals surface area (Å²) in [6.45, 7) is 12.5. The first-order chi connectivity index (χ1) is 9.38. The van der Waals surface area contributed by atoms with Crippen molar-refractivity contribution in [2.75, 3.05) is 35.7 Å². The lowest BCUT2D eigenvalue weighted by Gasteiger charge is -2.27. The van der Waals surface area contributed by atoms with Gasteiger partial charge in [-0.15, -0.1) is 0 Å². The van der Waals surface area contributed by atoms with Crippen molar-refractivity contribution in [2.45, 2.75) is 47.1 Å². The van der Waals surface area contributed by atoms with Gasteiger partial charge in [0.2, 0.25) is 17.8 Å². The van der Waals surface area contributed by atoms with E-state index in [1.54, 1.807) is 0 Å². The Morgan fingerprint density at radius 2 is 1.55 bits per heavy atom. The van der Waals surface area contributed by atoms with Gasteiger partial charge in [-0.05, 0) is 33.1 Å². The molecule has 1 unspecified atom stereocenters. The summed E-state index contributed by atoms with van der Waals surface area (Å²) in [6.07, 6.45) is 1.09. The molecule has 0 aromatic carbocycles. The minimum Gasteiger partial charge on any atom is -0.368 e. The van der Waals surface area contributed by atoms with Crippen molar-refractivity contribution >= 4 is 17.8 Å². The van der Waals surface area contributed by atoms with Gasteiger partial charge < -0.3 is 15.5 Å². The van der Waals surface area contributed by atoms with Crippen molar-refractivity contribution in [3.63, 3.8) is 0 Å². The highest BCUT2D eigenvalue weighted by Gasteiger charge is 2.17. The van der Waals surface area contributed by atoms with Crippen molar-refractivity contribution < 1.29 is 0 Å². The van der Waals surface area contributed by atoms with E-state index in [0.29, 0.717) is 23.9 Å². The Hall–Kier alpha value is -1.59. The lowest BCUT2D eigenvalue weighted by molar-refractivity contribution is 0.499. The van der Waals surface area contributed by atoms with Gasteiger partial charge in [0, 0.05) is 26.2 Å². The Labute approximate surface area is 122 Å². The van der Waals surface area contributed by atoms with Gasteiger partial charge in [0.25, 0.3) is 0 Å². The number of hydrogen-bond acceptors (Lipinski definition) is 6.